The summed E-state index contributed by atoms with van der Waals surface area (Å²) < 4.78 is 1.80. The van der Waals surface area contributed by atoms with Crippen LogP contribution in [0.4, 0.5) is 0 Å². The van der Waals surface area contributed by atoms with Crippen molar-refractivity contribution >= 4 is 27.8 Å². The number of fused-ring (bicyclic) bond motifs is 2. The van der Waals surface area contributed by atoms with E-state index in [1.165, 1.54) is 0 Å². The molecule has 6 heteroatoms. The van der Waals surface area contributed by atoms with Crippen LogP contribution in [-0.2, 0) is 6.54 Å². The van der Waals surface area contributed by atoms with Crippen molar-refractivity contribution < 1.29 is 4.79 Å². The van der Waals surface area contributed by atoms with Crippen molar-refractivity contribution in [3.63, 3.8) is 0 Å². The second-order valence-corrected chi connectivity index (χ2v) is 6.68. The highest BCUT2D eigenvalue weighted by atomic mass is 16.1. The van der Waals surface area contributed by atoms with Gasteiger partial charge in [-0.15, -0.1) is 0 Å². The van der Waals surface area contributed by atoms with E-state index in [9.17, 15) is 4.79 Å². The third-order valence-electron chi connectivity index (χ3n) is 4.79. The summed E-state index contributed by atoms with van der Waals surface area (Å²) in [4.78, 5) is 26.5. The van der Waals surface area contributed by atoms with Gasteiger partial charge in [0, 0.05) is 18.1 Å². The van der Waals surface area contributed by atoms with Gasteiger partial charge in [0.25, 0.3) is 5.91 Å². The Kier molecular flexibility index (Phi) is 4.22. The van der Waals surface area contributed by atoms with Crippen LogP contribution in [0.5, 0.6) is 0 Å². The Hall–Kier alpha value is -4.06. The van der Waals surface area contributed by atoms with Crippen LogP contribution < -0.4 is 5.32 Å². The minimum absolute atomic E-state index is 0.218. The van der Waals surface area contributed by atoms with Crippen LogP contribution in [0.3, 0.4) is 0 Å². The molecule has 0 unspecified atom stereocenters. The SMILES string of the molecule is O=C(NCc1ccccc1)c1nc(-n2cnc3cccnc32)cc2ccccc12. The van der Waals surface area contributed by atoms with Crippen molar-refractivity contribution in [2.45, 2.75) is 6.54 Å². The zero-order valence-electron chi connectivity index (χ0n) is 15.5. The number of aromatic nitrogens is 4. The topological polar surface area (TPSA) is 72.7 Å². The normalized spacial score (nSPS) is 11.0. The largest absolute Gasteiger partial charge is 0.347 e. The fourth-order valence-corrected chi connectivity index (χ4v) is 3.36. The Morgan fingerprint density at radius 1 is 0.931 bits per heavy atom. The smallest absolute Gasteiger partial charge is 0.270 e. The maximum Gasteiger partial charge on any atom is 0.270 e. The molecule has 0 aliphatic heterocycles. The summed E-state index contributed by atoms with van der Waals surface area (Å²) in [7, 11) is 0. The number of benzene rings is 2. The van der Waals surface area contributed by atoms with E-state index < -0.39 is 0 Å². The first-order valence-corrected chi connectivity index (χ1v) is 9.30. The number of hydrogen-bond donors (Lipinski definition) is 1. The quantitative estimate of drug-likeness (QED) is 0.514. The van der Waals surface area contributed by atoms with E-state index in [1.54, 1.807) is 17.1 Å². The number of rotatable bonds is 4. The average molecular weight is 379 g/mol. The monoisotopic (exact) mass is 379 g/mol. The minimum Gasteiger partial charge on any atom is -0.347 e. The summed E-state index contributed by atoms with van der Waals surface area (Å²) in [5, 5.41) is 4.71. The molecule has 0 aliphatic rings. The molecule has 3 aromatic heterocycles. The Labute approximate surface area is 166 Å². The predicted molar refractivity (Wildman–Crippen MR) is 112 cm³/mol. The van der Waals surface area contributed by atoms with Gasteiger partial charge < -0.3 is 5.32 Å². The molecular weight excluding hydrogens is 362 g/mol. The maximum atomic E-state index is 13.0. The summed E-state index contributed by atoms with van der Waals surface area (Å²) in [6.45, 7) is 0.440. The van der Waals surface area contributed by atoms with Gasteiger partial charge in [-0.25, -0.2) is 15.0 Å². The Balaban J connectivity index is 1.58. The summed E-state index contributed by atoms with van der Waals surface area (Å²) in [5.74, 6) is 0.388. The Bertz CT molecular complexity index is 1330. The molecule has 3 heterocycles. The molecule has 6 nitrogen and oxygen atoms in total. The van der Waals surface area contributed by atoms with Gasteiger partial charge in [-0.2, -0.15) is 0 Å². The summed E-state index contributed by atoms with van der Waals surface area (Å²) >= 11 is 0. The van der Waals surface area contributed by atoms with Gasteiger partial charge in [-0.1, -0.05) is 54.6 Å². The molecule has 0 aliphatic carbocycles. The lowest BCUT2D eigenvalue weighted by Crippen LogP contribution is -2.24. The molecule has 0 atom stereocenters. The lowest BCUT2D eigenvalue weighted by atomic mass is 10.1. The molecule has 29 heavy (non-hydrogen) atoms. The van der Waals surface area contributed by atoms with Crippen LogP contribution in [0, 0.1) is 0 Å². The first kappa shape index (κ1) is 17.1. The number of carbonyl (C=O) groups is 1. The van der Waals surface area contributed by atoms with E-state index in [2.05, 4.69) is 20.3 Å². The highest BCUT2D eigenvalue weighted by Gasteiger charge is 2.16. The number of nitrogens with zero attached hydrogens (tertiary/aromatic N) is 4. The summed E-state index contributed by atoms with van der Waals surface area (Å²) in [5.41, 5.74) is 2.89. The lowest BCUT2D eigenvalue weighted by Gasteiger charge is -2.11. The molecule has 1 amide bonds. The van der Waals surface area contributed by atoms with Crippen molar-refractivity contribution in [3.05, 3.63) is 96.6 Å². The number of imidazole rings is 1. The predicted octanol–water partition coefficient (Wildman–Crippen LogP) is 3.90. The summed E-state index contributed by atoms with van der Waals surface area (Å²) in [6, 6.07) is 23.2. The van der Waals surface area contributed by atoms with Gasteiger partial charge >= 0.3 is 0 Å². The van der Waals surface area contributed by atoms with E-state index in [4.69, 9.17) is 0 Å². The molecule has 140 valence electrons. The fraction of sp³-hybridized carbons (Fsp3) is 0.0435. The molecule has 5 aromatic rings. The number of nitrogens with one attached hydrogen (secondary N) is 1. The Morgan fingerprint density at radius 2 is 1.76 bits per heavy atom. The average Bonchev–Trinajstić information content (AvgIpc) is 3.21. The molecule has 5 rings (SSSR count). The first-order chi connectivity index (χ1) is 14.3. The number of pyridine rings is 2. The van der Waals surface area contributed by atoms with Crippen LogP contribution in [0.15, 0.2) is 85.3 Å². The van der Waals surface area contributed by atoms with Crippen LogP contribution in [0.2, 0.25) is 0 Å². The Morgan fingerprint density at radius 3 is 2.66 bits per heavy atom. The molecule has 0 fully saturated rings. The van der Waals surface area contributed by atoms with Crippen LogP contribution in [0.1, 0.15) is 16.1 Å². The van der Waals surface area contributed by atoms with Crippen molar-refractivity contribution in [2.24, 2.45) is 0 Å². The van der Waals surface area contributed by atoms with E-state index in [0.717, 1.165) is 21.9 Å². The molecule has 0 bridgehead atoms. The number of amides is 1. The van der Waals surface area contributed by atoms with Gasteiger partial charge in [0.1, 0.15) is 23.4 Å². The fourth-order valence-electron chi connectivity index (χ4n) is 3.36. The van der Waals surface area contributed by atoms with Crippen molar-refractivity contribution in [1.82, 2.24) is 24.8 Å². The highest BCUT2D eigenvalue weighted by Crippen LogP contribution is 2.22. The first-order valence-electron chi connectivity index (χ1n) is 9.30. The van der Waals surface area contributed by atoms with Gasteiger partial charge in [-0.05, 0) is 29.1 Å². The van der Waals surface area contributed by atoms with Crippen molar-refractivity contribution in [1.29, 1.82) is 0 Å². The number of carbonyl (C=O) groups excluding carboxylic acids is 1. The zero-order chi connectivity index (χ0) is 19.6. The molecule has 2 aromatic carbocycles. The lowest BCUT2D eigenvalue weighted by molar-refractivity contribution is 0.0947. The van der Waals surface area contributed by atoms with Crippen molar-refractivity contribution in [3.8, 4) is 5.82 Å². The van der Waals surface area contributed by atoms with E-state index in [1.807, 2.05) is 72.8 Å². The second kappa shape index (κ2) is 7.16. The van der Waals surface area contributed by atoms with E-state index in [-0.39, 0.29) is 5.91 Å². The van der Waals surface area contributed by atoms with Gasteiger partial charge in [-0.3, -0.25) is 9.36 Å². The second-order valence-electron chi connectivity index (χ2n) is 6.68. The third-order valence-corrected chi connectivity index (χ3v) is 4.79. The standard InChI is InChI=1S/C23H17N5O/c29-23(25-14-16-7-2-1-3-8-16)21-18-10-5-4-9-17(18)13-20(27-21)28-15-26-19-11-6-12-24-22(19)28/h1-13,15H,14H2,(H,25,29). The van der Waals surface area contributed by atoms with E-state index in [0.29, 0.717) is 23.7 Å². The highest BCUT2D eigenvalue weighted by molar-refractivity contribution is 6.05. The van der Waals surface area contributed by atoms with Gasteiger partial charge in [0.05, 0.1) is 0 Å². The number of hydrogen-bond acceptors (Lipinski definition) is 4. The molecule has 0 saturated carbocycles. The summed E-state index contributed by atoms with van der Waals surface area (Å²) in [6.07, 6.45) is 3.40. The van der Waals surface area contributed by atoms with E-state index >= 15 is 0 Å². The minimum atomic E-state index is -0.218. The maximum absolute atomic E-state index is 13.0. The van der Waals surface area contributed by atoms with Crippen LogP contribution in [0.25, 0.3) is 27.8 Å². The molecule has 0 radical (unpaired) electrons. The molecule has 0 saturated heterocycles. The van der Waals surface area contributed by atoms with Gasteiger partial charge in [0.15, 0.2) is 5.65 Å². The molecular formula is C23H17N5O. The van der Waals surface area contributed by atoms with Crippen LogP contribution >= 0.6 is 0 Å². The zero-order valence-corrected chi connectivity index (χ0v) is 15.5. The molecule has 0 spiro atoms. The van der Waals surface area contributed by atoms with Crippen LogP contribution in [-0.4, -0.2) is 25.4 Å². The molecule has 1 N–H and O–H groups in total. The van der Waals surface area contributed by atoms with Gasteiger partial charge in [0.2, 0.25) is 0 Å². The third kappa shape index (κ3) is 3.21. The van der Waals surface area contributed by atoms with Crippen molar-refractivity contribution in [2.75, 3.05) is 0 Å².